The number of hydrogen-bond acceptors (Lipinski definition) is 6. The van der Waals surface area contributed by atoms with Crippen molar-refractivity contribution < 1.29 is 13.9 Å². The molecule has 1 aromatic carbocycles. The molecule has 4 aromatic rings. The first kappa shape index (κ1) is 19.5. The summed E-state index contributed by atoms with van der Waals surface area (Å²) in [4.78, 5) is 30.2. The molecular formula is C20H19FN6O3. The fourth-order valence-corrected chi connectivity index (χ4v) is 3.13. The molecule has 0 aliphatic heterocycles. The maximum Gasteiger partial charge on any atom is 0.343 e. The normalized spacial score (nSPS) is 11.1. The minimum Gasteiger partial charge on any atom is -0.466 e. The van der Waals surface area contributed by atoms with Crippen LogP contribution in [0.2, 0.25) is 0 Å². The summed E-state index contributed by atoms with van der Waals surface area (Å²) < 4.78 is 21.8. The topological polar surface area (TPSA) is 108 Å². The average molecular weight is 410 g/mol. The first-order chi connectivity index (χ1) is 14.5. The third kappa shape index (κ3) is 3.97. The molecule has 154 valence electrons. The van der Waals surface area contributed by atoms with Crippen LogP contribution in [0.4, 0.5) is 4.39 Å². The van der Waals surface area contributed by atoms with Crippen LogP contribution < -0.4 is 5.69 Å². The van der Waals surface area contributed by atoms with Crippen LogP contribution in [0.3, 0.4) is 0 Å². The molecule has 0 saturated carbocycles. The van der Waals surface area contributed by atoms with Crippen molar-refractivity contribution in [1.29, 1.82) is 0 Å². The molecule has 0 radical (unpaired) electrons. The van der Waals surface area contributed by atoms with Gasteiger partial charge >= 0.3 is 11.7 Å². The van der Waals surface area contributed by atoms with Crippen molar-refractivity contribution in [2.75, 3.05) is 6.61 Å². The third-order valence-corrected chi connectivity index (χ3v) is 4.51. The zero-order valence-corrected chi connectivity index (χ0v) is 16.2. The Kier molecular flexibility index (Phi) is 5.38. The van der Waals surface area contributed by atoms with Crippen LogP contribution in [0.5, 0.6) is 0 Å². The van der Waals surface area contributed by atoms with Crippen molar-refractivity contribution in [1.82, 2.24) is 29.5 Å². The van der Waals surface area contributed by atoms with E-state index in [1.54, 1.807) is 35.1 Å². The van der Waals surface area contributed by atoms with Gasteiger partial charge in [-0.25, -0.2) is 23.5 Å². The van der Waals surface area contributed by atoms with Gasteiger partial charge in [0, 0.05) is 31.6 Å². The number of ether oxygens (including phenoxy) is 1. The van der Waals surface area contributed by atoms with Gasteiger partial charge in [0.15, 0.2) is 11.5 Å². The summed E-state index contributed by atoms with van der Waals surface area (Å²) in [6.07, 6.45) is 2.08. The maximum atomic E-state index is 14.1. The highest BCUT2D eigenvalue weighted by Crippen LogP contribution is 2.24. The lowest BCUT2D eigenvalue weighted by atomic mass is 10.2. The largest absolute Gasteiger partial charge is 0.466 e. The predicted octanol–water partition coefficient (Wildman–Crippen LogP) is 2.12. The number of pyridine rings is 1. The number of H-pyrrole nitrogens is 1. The number of hydrogen-bond donors (Lipinski definition) is 1. The van der Waals surface area contributed by atoms with Crippen molar-refractivity contribution in [2.24, 2.45) is 0 Å². The SMILES string of the molecule is CC(=O)OCCCn1nc(-c2nn(Cc3ccccc3F)c3ncccc23)[nH]c1=O. The number of nitrogens with zero attached hydrogens (tertiary/aromatic N) is 5. The lowest BCUT2D eigenvalue weighted by Crippen LogP contribution is -2.19. The average Bonchev–Trinajstić information content (AvgIpc) is 3.27. The van der Waals surface area contributed by atoms with E-state index in [0.29, 0.717) is 28.7 Å². The first-order valence-corrected chi connectivity index (χ1v) is 9.38. The van der Waals surface area contributed by atoms with Gasteiger partial charge < -0.3 is 4.74 Å². The quantitative estimate of drug-likeness (QED) is 0.369. The number of fused-ring (bicyclic) bond motifs is 1. The Hall–Kier alpha value is -3.82. The van der Waals surface area contributed by atoms with E-state index in [2.05, 4.69) is 20.2 Å². The molecule has 9 nitrogen and oxygen atoms in total. The van der Waals surface area contributed by atoms with E-state index in [4.69, 9.17) is 4.74 Å². The van der Waals surface area contributed by atoms with E-state index < -0.39 is 5.69 Å². The monoisotopic (exact) mass is 410 g/mol. The molecule has 3 heterocycles. The number of aryl methyl sites for hydroxylation is 1. The van der Waals surface area contributed by atoms with Gasteiger partial charge in [-0.2, -0.15) is 5.10 Å². The Balaban J connectivity index is 1.65. The van der Waals surface area contributed by atoms with E-state index in [9.17, 15) is 14.0 Å². The van der Waals surface area contributed by atoms with E-state index >= 15 is 0 Å². The highest BCUT2D eigenvalue weighted by molar-refractivity contribution is 5.89. The number of esters is 1. The van der Waals surface area contributed by atoms with E-state index in [1.165, 1.54) is 17.7 Å². The smallest absolute Gasteiger partial charge is 0.343 e. The van der Waals surface area contributed by atoms with Crippen molar-refractivity contribution >= 4 is 17.0 Å². The molecule has 0 unspecified atom stereocenters. The van der Waals surface area contributed by atoms with Crippen molar-refractivity contribution in [3.63, 3.8) is 0 Å². The number of aromatic nitrogens is 6. The van der Waals surface area contributed by atoms with E-state index in [0.717, 1.165) is 0 Å². The molecule has 0 saturated heterocycles. The highest BCUT2D eigenvalue weighted by Gasteiger charge is 2.18. The van der Waals surface area contributed by atoms with Gasteiger partial charge in [-0.05, 0) is 18.2 Å². The second-order valence-electron chi connectivity index (χ2n) is 6.67. The summed E-state index contributed by atoms with van der Waals surface area (Å²) in [5, 5.41) is 9.55. The van der Waals surface area contributed by atoms with Crippen LogP contribution >= 0.6 is 0 Å². The minimum atomic E-state index is -0.395. The number of halogens is 1. The highest BCUT2D eigenvalue weighted by atomic mass is 19.1. The van der Waals surface area contributed by atoms with Gasteiger partial charge in [0.25, 0.3) is 0 Å². The van der Waals surface area contributed by atoms with Crippen LogP contribution in [0.25, 0.3) is 22.6 Å². The second-order valence-corrected chi connectivity index (χ2v) is 6.67. The Morgan fingerprint density at radius 2 is 2.00 bits per heavy atom. The molecule has 0 atom stereocenters. The standard InChI is InChI=1S/C20H19FN6O3/c1-13(28)30-11-5-10-26-20(29)23-18(25-26)17-15-7-4-9-22-19(15)27(24-17)12-14-6-2-3-8-16(14)21/h2-4,6-9H,5,10-12H2,1H3,(H,23,25,29). The van der Waals surface area contributed by atoms with Crippen LogP contribution in [0.1, 0.15) is 18.9 Å². The number of aromatic amines is 1. The fourth-order valence-electron chi connectivity index (χ4n) is 3.13. The molecule has 0 spiro atoms. The molecule has 10 heteroatoms. The number of benzene rings is 1. The zero-order valence-electron chi connectivity index (χ0n) is 16.2. The fraction of sp³-hybridized carbons (Fsp3) is 0.250. The summed E-state index contributed by atoms with van der Waals surface area (Å²) in [5.41, 5.74) is 1.09. The van der Waals surface area contributed by atoms with E-state index in [-0.39, 0.29) is 37.3 Å². The maximum absolute atomic E-state index is 14.1. The summed E-state index contributed by atoms with van der Waals surface area (Å²) in [6.45, 7) is 2.01. The molecule has 4 rings (SSSR count). The number of rotatable bonds is 7. The summed E-state index contributed by atoms with van der Waals surface area (Å²) in [7, 11) is 0. The molecule has 3 aromatic heterocycles. The van der Waals surface area contributed by atoms with Gasteiger partial charge in [-0.1, -0.05) is 18.2 Å². The Morgan fingerprint density at radius 3 is 2.80 bits per heavy atom. The molecule has 0 bridgehead atoms. The van der Waals surface area contributed by atoms with Gasteiger partial charge in [0.1, 0.15) is 11.5 Å². The van der Waals surface area contributed by atoms with Crippen molar-refractivity contribution in [3.8, 4) is 11.5 Å². The Labute approximate surface area is 170 Å². The van der Waals surface area contributed by atoms with Gasteiger partial charge in [0.05, 0.1) is 18.5 Å². The van der Waals surface area contributed by atoms with Gasteiger partial charge in [-0.15, -0.1) is 5.10 Å². The number of carbonyl (C=O) groups excluding carboxylic acids is 1. The summed E-state index contributed by atoms with van der Waals surface area (Å²) in [6, 6.07) is 10.0. The van der Waals surface area contributed by atoms with Crippen LogP contribution in [-0.2, 0) is 22.6 Å². The molecule has 0 fully saturated rings. The molecule has 0 aliphatic carbocycles. The molecule has 0 amide bonds. The Morgan fingerprint density at radius 1 is 1.17 bits per heavy atom. The molecule has 1 N–H and O–H groups in total. The first-order valence-electron chi connectivity index (χ1n) is 9.38. The van der Waals surface area contributed by atoms with Crippen LogP contribution in [0, 0.1) is 5.82 Å². The van der Waals surface area contributed by atoms with Gasteiger partial charge in [-0.3, -0.25) is 9.78 Å². The number of carbonyl (C=O) groups is 1. The van der Waals surface area contributed by atoms with Crippen LogP contribution in [0.15, 0.2) is 47.4 Å². The molecule has 30 heavy (non-hydrogen) atoms. The third-order valence-electron chi connectivity index (χ3n) is 4.51. The molecule has 0 aliphatic rings. The summed E-state index contributed by atoms with van der Waals surface area (Å²) in [5.74, 6) is -0.411. The van der Waals surface area contributed by atoms with Crippen LogP contribution in [-0.4, -0.2) is 42.1 Å². The van der Waals surface area contributed by atoms with Gasteiger partial charge in [0.2, 0.25) is 0 Å². The van der Waals surface area contributed by atoms with Crippen molar-refractivity contribution in [2.45, 2.75) is 26.4 Å². The number of nitrogens with one attached hydrogen (secondary N) is 1. The van der Waals surface area contributed by atoms with Crippen molar-refractivity contribution in [3.05, 3.63) is 64.5 Å². The molecular weight excluding hydrogens is 391 g/mol. The van der Waals surface area contributed by atoms with E-state index in [1.807, 2.05) is 6.07 Å². The zero-order chi connectivity index (χ0) is 21.1. The second kappa shape index (κ2) is 8.27. The Bertz CT molecular complexity index is 1260. The summed E-state index contributed by atoms with van der Waals surface area (Å²) >= 11 is 0. The lowest BCUT2D eigenvalue weighted by molar-refractivity contribution is -0.141. The minimum absolute atomic E-state index is 0.188. The predicted molar refractivity (Wildman–Crippen MR) is 106 cm³/mol. The lowest BCUT2D eigenvalue weighted by Gasteiger charge is -2.04.